The summed E-state index contributed by atoms with van der Waals surface area (Å²) in [7, 11) is 0. The molecule has 0 aromatic carbocycles. The molecule has 0 heterocycles. The molecule has 0 unspecified atom stereocenters. The average Bonchev–Trinajstić information content (AvgIpc) is 2.32. The van der Waals surface area contributed by atoms with Gasteiger partial charge in [-0.25, -0.2) is 0 Å². The number of hydrogen-bond acceptors (Lipinski definition) is 0. The van der Waals surface area contributed by atoms with Crippen LogP contribution in [0.5, 0.6) is 0 Å². The van der Waals surface area contributed by atoms with E-state index in [0.29, 0.717) is 0 Å². The Morgan fingerprint density at radius 2 is 1.93 bits per heavy atom. The summed E-state index contributed by atoms with van der Waals surface area (Å²) >= 11 is 0. The number of hydrogen-bond donors (Lipinski definition) is 0. The monoisotopic (exact) mass is 206 g/mol. The van der Waals surface area contributed by atoms with E-state index in [1.165, 1.54) is 64.2 Å². The van der Waals surface area contributed by atoms with Crippen LogP contribution in [0.25, 0.3) is 0 Å². The normalized spacial score (nSPS) is 32.5. The van der Waals surface area contributed by atoms with Crippen LogP contribution >= 0.6 is 0 Å². The van der Waals surface area contributed by atoms with Crippen LogP contribution in [0.3, 0.4) is 0 Å². The Morgan fingerprint density at radius 1 is 1.13 bits per heavy atom. The molecule has 0 amide bonds. The summed E-state index contributed by atoms with van der Waals surface area (Å²) in [4.78, 5) is 0. The zero-order chi connectivity index (χ0) is 10.5. The minimum Gasteiger partial charge on any atom is -0.0851 e. The van der Waals surface area contributed by atoms with Crippen molar-refractivity contribution in [2.45, 2.75) is 71.1 Å². The third kappa shape index (κ3) is 3.09. The van der Waals surface area contributed by atoms with Crippen molar-refractivity contribution in [3.8, 4) is 0 Å². The second-order valence-electron chi connectivity index (χ2n) is 5.53. The van der Waals surface area contributed by atoms with Crippen molar-refractivity contribution < 1.29 is 0 Å². The molecule has 2 rings (SSSR count). The molecule has 0 nitrogen and oxygen atoms in total. The second kappa shape index (κ2) is 5.72. The zero-order valence-corrected chi connectivity index (χ0v) is 10.3. The molecule has 86 valence electrons. The quantitative estimate of drug-likeness (QED) is 0.564. The van der Waals surface area contributed by atoms with Crippen LogP contribution < -0.4 is 0 Å². The molecule has 15 heavy (non-hydrogen) atoms. The Morgan fingerprint density at radius 3 is 2.53 bits per heavy atom. The van der Waals surface area contributed by atoms with Crippen LogP contribution in [0.15, 0.2) is 11.6 Å². The van der Waals surface area contributed by atoms with Gasteiger partial charge in [0.25, 0.3) is 0 Å². The third-order valence-corrected chi connectivity index (χ3v) is 4.39. The molecule has 0 aromatic heterocycles. The minimum atomic E-state index is 0.985. The van der Waals surface area contributed by atoms with Gasteiger partial charge < -0.3 is 0 Å². The van der Waals surface area contributed by atoms with Gasteiger partial charge in [-0.1, -0.05) is 31.4 Å². The van der Waals surface area contributed by atoms with Crippen LogP contribution in [-0.4, -0.2) is 0 Å². The summed E-state index contributed by atoms with van der Waals surface area (Å²) in [5, 5.41) is 0. The molecule has 0 aromatic rings. The van der Waals surface area contributed by atoms with Crippen molar-refractivity contribution in [1.29, 1.82) is 0 Å². The van der Waals surface area contributed by atoms with Gasteiger partial charge in [-0.3, -0.25) is 0 Å². The molecule has 0 spiro atoms. The Labute approximate surface area is 95.1 Å². The summed E-state index contributed by atoms with van der Waals surface area (Å²) in [6, 6.07) is 0. The predicted octanol–water partition coefficient (Wildman–Crippen LogP) is 5.09. The molecule has 0 saturated heterocycles. The Bertz CT molecular complexity index is 206. The summed E-state index contributed by atoms with van der Waals surface area (Å²) in [5.74, 6) is 2.05. The third-order valence-electron chi connectivity index (χ3n) is 4.39. The van der Waals surface area contributed by atoms with Crippen molar-refractivity contribution in [3.05, 3.63) is 11.6 Å². The molecular weight excluding hydrogens is 180 g/mol. The minimum absolute atomic E-state index is 0.985. The van der Waals surface area contributed by atoms with E-state index in [9.17, 15) is 0 Å². The lowest BCUT2D eigenvalue weighted by molar-refractivity contribution is 0.280. The maximum atomic E-state index is 2.56. The topological polar surface area (TPSA) is 0 Å². The fourth-order valence-electron chi connectivity index (χ4n) is 3.46. The number of allylic oxidation sites excluding steroid dienone is 2. The maximum Gasteiger partial charge on any atom is -0.0203 e. The van der Waals surface area contributed by atoms with Crippen molar-refractivity contribution >= 4 is 0 Å². The highest BCUT2D eigenvalue weighted by Crippen LogP contribution is 2.38. The van der Waals surface area contributed by atoms with E-state index >= 15 is 0 Å². The summed E-state index contributed by atoms with van der Waals surface area (Å²) < 4.78 is 0. The molecule has 0 bridgehead atoms. The SMILES string of the molecule is CCCC1CCC(C2=CCCCC2)CC1. The van der Waals surface area contributed by atoms with Gasteiger partial charge in [-0.15, -0.1) is 0 Å². The summed E-state index contributed by atoms with van der Waals surface area (Å²) in [6.45, 7) is 2.33. The maximum absolute atomic E-state index is 2.56. The Hall–Kier alpha value is -0.260. The van der Waals surface area contributed by atoms with E-state index in [2.05, 4.69) is 13.0 Å². The molecule has 0 heteroatoms. The number of rotatable bonds is 3. The molecule has 0 aliphatic heterocycles. The first-order chi connectivity index (χ1) is 7.40. The smallest absolute Gasteiger partial charge is 0.0203 e. The second-order valence-corrected chi connectivity index (χ2v) is 5.53. The van der Waals surface area contributed by atoms with Crippen LogP contribution in [-0.2, 0) is 0 Å². The van der Waals surface area contributed by atoms with E-state index in [1.54, 1.807) is 0 Å². The summed E-state index contributed by atoms with van der Waals surface area (Å²) in [5.41, 5.74) is 1.83. The molecule has 0 N–H and O–H groups in total. The zero-order valence-electron chi connectivity index (χ0n) is 10.3. The first kappa shape index (κ1) is 11.2. The largest absolute Gasteiger partial charge is 0.0851 e. The fourth-order valence-corrected chi connectivity index (χ4v) is 3.46. The van der Waals surface area contributed by atoms with Crippen LogP contribution in [0.4, 0.5) is 0 Å². The van der Waals surface area contributed by atoms with Crippen LogP contribution in [0, 0.1) is 11.8 Å². The molecule has 2 aliphatic carbocycles. The first-order valence-electron chi connectivity index (χ1n) is 7.09. The highest BCUT2D eigenvalue weighted by atomic mass is 14.3. The van der Waals surface area contributed by atoms with E-state index < -0.39 is 0 Å². The van der Waals surface area contributed by atoms with Crippen LogP contribution in [0.2, 0.25) is 0 Å². The van der Waals surface area contributed by atoms with Gasteiger partial charge in [0, 0.05) is 0 Å². The first-order valence-corrected chi connectivity index (χ1v) is 7.09. The van der Waals surface area contributed by atoms with Gasteiger partial charge in [0.1, 0.15) is 0 Å². The summed E-state index contributed by atoms with van der Waals surface area (Å²) in [6.07, 6.45) is 17.1. The van der Waals surface area contributed by atoms with Crippen molar-refractivity contribution in [1.82, 2.24) is 0 Å². The molecule has 1 saturated carbocycles. The molecule has 1 fully saturated rings. The van der Waals surface area contributed by atoms with E-state index in [4.69, 9.17) is 0 Å². The van der Waals surface area contributed by atoms with Gasteiger partial charge in [0.2, 0.25) is 0 Å². The Kier molecular flexibility index (Phi) is 4.29. The molecule has 0 radical (unpaired) electrons. The van der Waals surface area contributed by atoms with Crippen LogP contribution in [0.1, 0.15) is 71.1 Å². The van der Waals surface area contributed by atoms with Crippen molar-refractivity contribution in [2.75, 3.05) is 0 Å². The van der Waals surface area contributed by atoms with Gasteiger partial charge in [-0.05, 0) is 63.2 Å². The Balaban J connectivity index is 1.79. The molecule has 2 aliphatic rings. The lowest BCUT2D eigenvalue weighted by atomic mass is 9.75. The fraction of sp³-hybridized carbons (Fsp3) is 0.867. The molecule has 0 atom stereocenters. The van der Waals surface area contributed by atoms with Gasteiger partial charge >= 0.3 is 0 Å². The highest BCUT2D eigenvalue weighted by molar-refractivity contribution is 5.10. The van der Waals surface area contributed by atoms with Crippen molar-refractivity contribution in [2.24, 2.45) is 11.8 Å². The van der Waals surface area contributed by atoms with Gasteiger partial charge in [0.15, 0.2) is 0 Å². The lowest BCUT2D eigenvalue weighted by Crippen LogP contribution is -2.17. The van der Waals surface area contributed by atoms with E-state index in [1.807, 2.05) is 5.57 Å². The molecular formula is C15H26. The van der Waals surface area contributed by atoms with E-state index in [-0.39, 0.29) is 0 Å². The highest BCUT2D eigenvalue weighted by Gasteiger charge is 2.23. The standard InChI is InChI=1S/C15H26/c1-2-6-13-9-11-15(12-10-13)14-7-4-3-5-8-14/h7,13,15H,2-6,8-12H2,1H3. The van der Waals surface area contributed by atoms with Gasteiger partial charge in [-0.2, -0.15) is 0 Å². The van der Waals surface area contributed by atoms with Crippen molar-refractivity contribution in [3.63, 3.8) is 0 Å². The van der Waals surface area contributed by atoms with Gasteiger partial charge in [0.05, 0.1) is 0 Å². The predicted molar refractivity (Wildman–Crippen MR) is 66.9 cm³/mol. The lowest BCUT2D eigenvalue weighted by Gasteiger charge is -2.31. The van der Waals surface area contributed by atoms with E-state index in [0.717, 1.165) is 11.8 Å². The average molecular weight is 206 g/mol.